The zero-order valence-corrected chi connectivity index (χ0v) is 13.6. The molecule has 0 saturated carbocycles. The Bertz CT molecular complexity index is 634. The highest BCUT2D eigenvalue weighted by Gasteiger charge is 2.13. The zero-order chi connectivity index (χ0) is 14.7. The molecule has 0 atom stereocenters. The zero-order valence-electron chi connectivity index (χ0n) is 11.2. The molecule has 0 aliphatic heterocycles. The molecule has 0 fully saturated rings. The molecule has 0 amide bonds. The molecule has 0 bridgehead atoms. The van der Waals surface area contributed by atoms with Crippen LogP contribution in [0.25, 0.3) is 11.4 Å². The smallest absolute Gasteiger partial charge is 0.161 e. The fraction of sp³-hybridized carbons (Fsp3) is 0.286. The largest absolute Gasteiger partial charge is 0.506 e. The summed E-state index contributed by atoms with van der Waals surface area (Å²) in [4.78, 5) is 9.04. The third-order valence-electron chi connectivity index (χ3n) is 2.80. The summed E-state index contributed by atoms with van der Waals surface area (Å²) in [7, 11) is 0. The quantitative estimate of drug-likeness (QED) is 0.859. The highest BCUT2D eigenvalue weighted by molar-refractivity contribution is 9.10. The van der Waals surface area contributed by atoms with Gasteiger partial charge in [-0.25, -0.2) is 9.97 Å². The third-order valence-corrected chi connectivity index (χ3v) is 3.94. The van der Waals surface area contributed by atoms with Crippen molar-refractivity contribution in [2.24, 2.45) is 0 Å². The lowest BCUT2D eigenvalue weighted by molar-refractivity contribution is 0.475. The Morgan fingerprint density at radius 3 is 2.65 bits per heavy atom. The topological polar surface area (TPSA) is 58.0 Å². The Kier molecular flexibility index (Phi) is 4.83. The van der Waals surface area contributed by atoms with Crippen molar-refractivity contribution in [2.75, 3.05) is 11.9 Å². The second-order valence-corrected chi connectivity index (χ2v) is 5.41. The predicted octanol–water partition coefficient (Wildman–Crippen LogP) is 4.26. The number of aryl methyl sites for hydroxylation is 1. The molecule has 1 heterocycles. The molecule has 0 aliphatic carbocycles. The van der Waals surface area contributed by atoms with Crippen LogP contribution in [-0.2, 0) is 6.42 Å². The van der Waals surface area contributed by atoms with E-state index in [0.717, 1.165) is 34.5 Å². The summed E-state index contributed by atoms with van der Waals surface area (Å²) in [5.74, 6) is 1.40. The van der Waals surface area contributed by atoms with E-state index in [2.05, 4.69) is 31.2 Å². The van der Waals surface area contributed by atoms with Gasteiger partial charge in [-0.15, -0.1) is 0 Å². The van der Waals surface area contributed by atoms with Crippen molar-refractivity contribution in [1.82, 2.24) is 9.97 Å². The molecular weight excluding hydrogens is 342 g/mol. The standard InChI is InChI=1S/C14H15BrClN3O/c1-3-10-12(15)14(17-4-2)19-13(18-10)8-5-6-11(20)9(16)7-8/h5-7,20H,3-4H2,1-2H3,(H,17,18,19). The minimum Gasteiger partial charge on any atom is -0.506 e. The van der Waals surface area contributed by atoms with E-state index in [1.54, 1.807) is 18.2 Å². The SMILES string of the molecule is CCNc1nc(-c2ccc(O)c(Cl)c2)nc(CC)c1Br. The fourth-order valence-corrected chi connectivity index (χ4v) is 2.57. The number of phenols is 1. The van der Waals surface area contributed by atoms with Gasteiger partial charge in [0.15, 0.2) is 5.82 Å². The van der Waals surface area contributed by atoms with Crippen LogP contribution < -0.4 is 5.32 Å². The number of rotatable bonds is 4. The van der Waals surface area contributed by atoms with E-state index in [0.29, 0.717) is 5.82 Å². The van der Waals surface area contributed by atoms with Crippen molar-refractivity contribution in [2.45, 2.75) is 20.3 Å². The molecule has 0 aliphatic rings. The van der Waals surface area contributed by atoms with E-state index in [4.69, 9.17) is 11.6 Å². The second kappa shape index (κ2) is 6.41. The number of nitrogens with one attached hydrogen (secondary N) is 1. The Hall–Kier alpha value is -1.33. The number of hydrogen-bond acceptors (Lipinski definition) is 4. The number of nitrogens with zero attached hydrogens (tertiary/aromatic N) is 2. The molecule has 6 heteroatoms. The number of benzene rings is 1. The summed E-state index contributed by atoms with van der Waals surface area (Å²) in [6, 6.07) is 4.95. The first-order valence-electron chi connectivity index (χ1n) is 6.36. The van der Waals surface area contributed by atoms with Crippen molar-refractivity contribution in [3.05, 3.63) is 33.4 Å². The van der Waals surface area contributed by atoms with E-state index in [1.165, 1.54) is 0 Å². The maximum atomic E-state index is 9.48. The molecule has 2 N–H and O–H groups in total. The minimum absolute atomic E-state index is 0.0511. The lowest BCUT2D eigenvalue weighted by Crippen LogP contribution is -2.05. The van der Waals surface area contributed by atoms with Crippen LogP contribution in [0, 0.1) is 0 Å². The summed E-state index contributed by atoms with van der Waals surface area (Å²) in [6.07, 6.45) is 0.792. The molecule has 20 heavy (non-hydrogen) atoms. The van der Waals surface area contributed by atoms with Gasteiger partial charge in [-0.1, -0.05) is 18.5 Å². The first-order valence-corrected chi connectivity index (χ1v) is 7.53. The maximum absolute atomic E-state index is 9.48. The lowest BCUT2D eigenvalue weighted by atomic mass is 10.2. The van der Waals surface area contributed by atoms with Crippen molar-refractivity contribution >= 4 is 33.3 Å². The van der Waals surface area contributed by atoms with E-state index in [-0.39, 0.29) is 10.8 Å². The molecule has 0 unspecified atom stereocenters. The summed E-state index contributed by atoms with van der Waals surface area (Å²) in [5, 5.41) is 13.0. The first-order chi connectivity index (χ1) is 9.56. The third kappa shape index (κ3) is 3.04. The number of phenolic OH excluding ortho intramolecular Hbond substituents is 1. The molecule has 2 aromatic rings. The van der Waals surface area contributed by atoms with Crippen LogP contribution >= 0.6 is 27.5 Å². The van der Waals surface area contributed by atoms with Crippen molar-refractivity contribution in [3.8, 4) is 17.1 Å². The van der Waals surface area contributed by atoms with Gasteiger partial charge < -0.3 is 10.4 Å². The second-order valence-electron chi connectivity index (χ2n) is 4.21. The Morgan fingerprint density at radius 2 is 2.05 bits per heavy atom. The number of aromatic nitrogens is 2. The molecule has 2 rings (SSSR count). The van der Waals surface area contributed by atoms with Crippen molar-refractivity contribution in [3.63, 3.8) is 0 Å². The molecule has 0 spiro atoms. The van der Waals surface area contributed by atoms with Gasteiger partial charge in [0.1, 0.15) is 11.6 Å². The van der Waals surface area contributed by atoms with E-state index in [9.17, 15) is 5.11 Å². The summed E-state index contributed by atoms with van der Waals surface area (Å²) >= 11 is 9.46. The minimum atomic E-state index is 0.0511. The summed E-state index contributed by atoms with van der Waals surface area (Å²) in [5.41, 5.74) is 1.70. The molecule has 1 aromatic carbocycles. The first kappa shape index (κ1) is 15.1. The number of halogens is 2. The maximum Gasteiger partial charge on any atom is 0.161 e. The van der Waals surface area contributed by atoms with E-state index >= 15 is 0 Å². The van der Waals surface area contributed by atoms with Crippen molar-refractivity contribution in [1.29, 1.82) is 0 Å². The van der Waals surface area contributed by atoms with Crippen LogP contribution in [0.4, 0.5) is 5.82 Å². The van der Waals surface area contributed by atoms with Gasteiger partial charge >= 0.3 is 0 Å². The molecular formula is C14H15BrClN3O. The van der Waals surface area contributed by atoms with Crippen LogP contribution in [0.15, 0.2) is 22.7 Å². The Labute approximate surface area is 131 Å². The average Bonchev–Trinajstić information content (AvgIpc) is 2.44. The highest BCUT2D eigenvalue weighted by Crippen LogP contribution is 2.31. The van der Waals surface area contributed by atoms with E-state index in [1.807, 2.05) is 13.8 Å². The van der Waals surface area contributed by atoms with Gasteiger partial charge in [0.25, 0.3) is 0 Å². The summed E-state index contributed by atoms with van der Waals surface area (Å²) in [6.45, 7) is 4.82. The average molecular weight is 357 g/mol. The van der Waals surface area contributed by atoms with Crippen LogP contribution in [0.5, 0.6) is 5.75 Å². The van der Waals surface area contributed by atoms with Gasteiger partial charge in [0.05, 0.1) is 15.2 Å². The number of aromatic hydroxyl groups is 1. The lowest BCUT2D eigenvalue weighted by Gasteiger charge is -2.11. The van der Waals surface area contributed by atoms with Gasteiger partial charge in [0, 0.05) is 12.1 Å². The van der Waals surface area contributed by atoms with Gasteiger partial charge in [0.2, 0.25) is 0 Å². The van der Waals surface area contributed by atoms with E-state index < -0.39 is 0 Å². The fourth-order valence-electron chi connectivity index (χ4n) is 1.79. The van der Waals surface area contributed by atoms with Crippen LogP contribution in [0.2, 0.25) is 5.02 Å². The van der Waals surface area contributed by atoms with Crippen molar-refractivity contribution < 1.29 is 5.11 Å². The van der Waals surface area contributed by atoms with Gasteiger partial charge in [-0.2, -0.15) is 0 Å². The van der Waals surface area contributed by atoms with Crippen LogP contribution in [0.1, 0.15) is 19.5 Å². The Balaban J connectivity index is 2.55. The Morgan fingerprint density at radius 1 is 1.30 bits per heavy atom. The normalized spacial score (nSPS) is 10.6. The number of anilines is 1. The molecule has 106 valence electrons. The van der Waals surface area contributed by atoms with Gasteiger partial charge in [-0.3, -0.25) is 0 Å². The predicted molar refractivity (Wildman–Crippen MR) is 85.4 cm³/mol. The highest BCUT2D eigenvalue weighted by atomic mass is 79.9. The number of hydrogen-bond donors (Lipinski definition) is 2. The molecule has 1 aromatic heterocycles. The molecule has 0 radical (unpaired) electrons. The molecule has 4 nitrogen and oxygen atoms in total. The van der Waals surface area contributed by atoms with Crippen LogP contribution in [0.3, 0.4) is 0 Å². The van der Waals surface area contributed by atoms with Gasteiger partial charge in [-0.05, 0) is 47.5 Å². The molecule has 0 saturated heterocycles. The summed E-state index contributed by atoms with van der Waals surface area (Å²) < 4.78 is 0.885. The monoisotopic (exact) mass is 355 g/mol. The van der Waals surface area contributed by atoms with Crippen LogP contribution in [-0.4, -0.2) is 21.6 Å².